The van der Waals surface area contributed by atoms with Gasteiger partial charge in [0.2, 0.25) is 5.91 Å². The summed E-state index contributed by atoms with van der Waals surface area (Å²) in [5.74, 6) is 0.205. The standard InChI is InChI=1S/C11H19N3O3/c1-17-10(15)8-13-2-4-14(5-3-13)11(16)9-6-12-7-9/h9,12H,2-8H2,1H3. The molecular formula is C11H19N3O3. The molecule has 2 fully saturated rings. The highest BCUT2D eigenvalue weighted by molar-refractivity contribution is 5.80. The molecule has 0 radical (unpaired) electrons. The Bertz CT molecular complexity index is 296. The Morgan fingerprint density at radius 2 is 1.88 bits per heavy atom. The lowest BCUT2D eigenvalue weighted by molar-refractivity contribution is -0.143. The second-order valence-electron chi connectivity index (χ2n) is 4.53. The maximum Gasteiger partial charge on any atom is 0.319 e. The first-order chi connectivity index (χ1) is 8.20. The summed E-state index contributed by atoms with van der Waals surface area (Å²) in [6, 6.07) is 0. The van der Waals surface area contributed by atoms with Crippen LogP contribution in [0.5, 0.6) is 0 Å². The lowest BCUT2D eigenvalue weighted by Crippen LogP contribution is -2.56. The minimum atomic E-state index is -0.215. The maximum atomic E-state index is 11.9. The van der Waals surface area contributed by atoms with Gasteiger partial charge in [0.15, 0.2) is 0 Å². The van der Waals surface area contributed by atoms with Crippen LogP contribution in [0.1, 0.15) is 0 Å². The quantitative estimate of drug-likeness (QED) is 0.611. The van der Waals surface area contributed by atoms with Gasteiger partial charge in [0.1, 0.15) is 0 Å². The summed E-state index contributed by atoms with van der Waals surface area (Å²) in [7, 11) is 1.39. The van der Waals surface area contributed by atoms with Crippen molar-refractivity contribution in [1.29, 1.82) is 0 Å². The number of ether oxygens (including phenoxy) is 1. The third-order valence-electron chi connectivity index (χ3n) is 3.40. The summed E-state index contributed by atoms with van der Waals surface area (Å²) in [4.78, 5) is 27.0. The van der Waals surface area contributed by atoms with Gasteiger partial charge in [-0.2, -0.15) is 0 Å². The molecule has 2 aliphatic rings. The number of amides is 1. The lowest BCUT2D eigenvalue weighted by Gasteiger charge is -2.38. The first-order valence-corrected chi connectivity index (χ1v) is 5.99. The maximum absolute atomic E-state index is 11.9. The predicted octanol–water partition coefficient (Wildman–Crippen LogP) is -1.48. The zero-order valence-electron chi connectivity index (χ0n) is 10.1. The van der Waals surface area contributed by atoms with Gasteiger partial charge in [-0.25, -0.2) is 0 Å². The fourth-order valence-corrected chi connectivity index (χ4v) is 2.09. The van der Waals surface area contributed by atoms with Gasteiger partial charge < -0.3 is 15.0 Å². The number of nitrogens with one attached hydrogen (secondary N) is 1. The number of rotatable bonds is 3. The van der Waals surface area contributed by atoms with Crippen molar-refractivity contribution in [3.63, 3.8) is 0 Å². The van der Waals surface area contributed by atoms with Gasteiger partial charge in [0.05, 0.1) is 19.6 Å². The van der Waals surface area contributed by atoms with Crippen LogP contribution in [0.2, 0.25) is 0 Å². The molecule has 1 amide bonds. The molecule has 2 aliphatic heterocycles. The third-order valence-corrected chi connectivity index (χ3v) is 3.40. The Morgan fingerprint density at radius 1 is 1.24 bits per heavy atom. The van der Waals surface area contributed by atoms with E-state index in [1.54, 1.807) is 0 Å². The number of piperazine rings is 1. The molecule has 0 atom stereocenters. The van der Waals surface area contributed by atoms with Crippen molar-refractivity contribution in [3.8, 4) is 0 Å². The number of nitrogens with zero attached hydrogens (tertiary/aromatic N) is 2. The molecular weight excluding hydrogens is 222 g/mol. The van der Waals surface area contributed by atoms with E-state index in [4.69, 9.17) is 0 Å². The molecule has 6 nitrogen and oxygen atoms in total. The van der Waals surface area contributed by atoms with Gasteiger partial charge in [0, 0.05) is 39.3 Å². The summed E-state index contributed by atoms with van der Waals surface area (Å²) in [6.45, 7) is 4.87. The summed E-state index contributed by atoms with van der Waals surface area (Å²) in [6.07, 6.45) is 0. The molecule has 0 unspecified atom stereocenters. The van der Waals surface area contributed by atoms with E-state index in [9.17, 15) is 9.59 Å². The highest BCUT2D eigenvalue weighted by Crippen LogP contribution is 2.11. The Kier molecular flexibility index (Phi) is 3.96. The average Bonchev–Trinajstić information content (AvgIpc) is 2.27. The minimum absolute atomic E-state index is 0.169. The number of methoxy groups -OCH3 is 1. The highest BCUT2D eigenvalue weighted by Gasteiger charge is 2.31. The number of carbonyl (C=O) groups excluding carboxylic acids is 2. The van der Waals surface area contributed by atoms with E-state index in [0.717, 1.165) is 26.2 Å². The molecule has 96 valence electrons. The average molecular weight is 241 g/mol. The number of esters is 1. The monoisotopic (exact) mass is 241 g/mol. The Balaban J connectivity index is 1.73. The fraction of sp³-hybridized carbons (Fsp3) is 0.818. The molecule has 2 rings (SSSR count). The number of hydrogen-bond acceptors (Lipinski definition) is 5. The summed E-state index contributed by atoms with van der Waals surface area (Å²) in [5.41, 5.74) is 0. The van der Waals surface area contributed by atoms with Crippen LogP contribution in [-0.4, -0.2) is 74.6 Å². The van der Waals surface area contributed by atoms with Crippen LogP contribution in [0.4, 0.5) is 0 Å². The van der Waals surface area contributed by atoms with E-state index in [2.05, 4.69) is 10.1 Å². The van der Waals surface area contributed by atoms with E-state index in [0.29, 0.717) is 19.6 Å². The first kappa shape index (κ1) is 12.3. The van der Waals surface area contributed by atoms with Crippen molar-refractivity contribution >= 4 is 11.9 Å². The molecule has 0 aliphatic carbocycles. The zero-order valence-corrected chi connectivity index (χ0v) is 10.1. The number of carbonyl (C=O) groups is 2. The normalized spacial score (nSPS) is 22.1. The van der Waals surface area contributed by atoms with Crippen LogP contribution < -0.4 is 5.32 Å². The topological polar surface area (TPSA) is 61.9 Å². The predicted molar refractivity (Wildman–Crippen MR) is 61.4 cm³/mol. The van der Waals surface area contributed by atoms with Crippen molar-refractivity contribution in [2.24, 2.45) is 5.92 Å². The van der Waals surface area contributed by atoms with Crippen LogP contribution in [0.3, 0.4) is 0 Å². The van der Waals surface area contributed by atoms with Crippen LogP contribution in [-0.2, 0) is 14.3 Å². The SMILES string of the molecule is COC(=O)CN1CCN(C(=O)C2CNC2)CC1. The minimum Gasteiger partial charge on any atom is -0.468 e. The van der Waals surface area contributed by atoms with Crippen molar-refractivity contribution in [2.75, 3.05) is 52.9 Å². The molecule has 0 saturated carbocycles. The second kappa shape index (κ2) is 5.46. The Morgan fingerprint density at radius 3 is 2.35 bits per heavy atom. The fourth-order valence-electron chi connectivity index (χ4n) is 2.09. The zero-order chi connectivity index (χ0) is 12.3. The second-order valence-corrected chi connectivity index (χ2v) is 4.53. The first-order valence-electron chi connectivity index (χ1n) is 5.99. The van der Waals surface area contributed by atoms with E-state index in [-0.39, 0.29) is 17.8 Å². The van der Waals surface area contributed by atoms with E-state index in [1.807, 2.05) is 9.80 Å². The highest BCUT2D eigenvalue weighted by atomic mass is 16.5. The Labute approximate surface area is 101 Å². The van der Waals surface area contributed by atoms with Gasteiger partial charge in [-0.05, 0) is 0 Å². The van der Waals surface area contributed by atoms with Crippen LogP contribution in [0.25, 0.3) is 0 Å². The van der Waals surface area contributed by atoms with Crippen molar-refractivity contribution in [1.82, 2.24) is 15.1 Å². The molecule has 0 spiro atoms. The number of hydrogen-bond donors (Lipinski definition) is 1. The van der Waals surface area contributed by atoms with Crippen molar-refractivity contribution < 1.29 is 14.3 Å². The molecule has 2 heterocycles. The molecule has 0 aromatic heterocycles. The Hall–Kier alpha value is -1.14. The van der Waals surface area contributed by atoms with Gasteiger partial charge in [-0.1, -0.05) is 0 Å². The molecule has 2 saturated heterocycles. The molecule has 1 N–H and O–H groups in total. The largest absolute Gasteiger partial charge is 0.468 e. The van der Waals surface area contributed by atoms with Gasteiger partial charge in [0.25, 0.3) is 0 Å². The summed E-state index contributed by atoms with van der Waals surface area (Å²) >= 11 is 0. The van der Waals surface area contributed by atoms with Crippen LogP contribution in [0.15, 0.2) is 0 Å². The summed E-state index contributed by atoms with van der Waals surface area (Å²) < 4.78 is 4.62. The molecule has 17 heavy (non-hydrogen) atoms. The van der Waals surface area contributed by atoms with Crippen molar-refractivity contribution in [2.45, 2.75) is 0 Å². The molecule has 0 bridgehead atoms. The van der Waals surface area contributed by atoms with Crippen LogP contribution >= 0.6 is 0 Å². The summed E-state index contributed by atoms with van der Waals surface area (Å²) in [5, 5.41) is 3.10. The smallest absolute Gasteiger partial charge is 0.319 e. The van der Waals surface area contributed by atoms with E-state index < -0.39 is 0 Å². The van der Waals surface area contributed by atoms with E-state index >= 15 is 0 Å². The van der Waals surface area contributed by atoms with Gasteiger partial charge in [-0.15, -0.1) is 0 Å². The van der Waals surface area contributed by atoms with E-state index in [1.165, 1.54) is 7.11 Å². The molecule has 0 aromatic rings. The lowest BCUT2D eigenvalue weighted by atomic mass is 10.0. The van der Waals surface area contributed by atoms with Gasteiger partial charge in [-0.3, -0.25) is 14.5 Å². The molecule has 0 aromatic carbocycles. The van der Waals surface area contributed by atoms with Crippen molar-refractivity contribution in [3.05, 3.63) is 0 Å². The molecule has 6 heteroatoms. The van der Waals surface area contributed by atoms with Crippen LogP contribution in [0, 0.1) is 5.92 Å². The third kappa shape index (κ3) is 2.95. The van der Waals surface area contributed by atoms with Gasteiger partial charge >= 0.3 is 5.97 Å².